The molecule has 0 saturated carbocycles. The molecule has 174 valence electrons. The zero-order valence-electron chi connectivity index (χ0n) is 18.9. The molecule has 0 unspecified atom stereocenters. The Kier molecular flexibility index (Phi) is 8.85. The van der Waals surface area contributed by atoms with E-state index in [1.807, 2.05) is 24.0 Å². The molecule has 2 saturated heterocycles. The van der Waals surface area contributed by atoms with Crippen molar-refractivity contribution in [2.24, 2.45) is 0 Å². The SMILES string of the molecule is Cc1ccc(S(=O)(=O)N(CCCN2CCN(C)CC2)CCC(=O)N2CCNCC2)cc1. The van der Waals surface area contributed by atoms with Crippen LogP contribution in [-0.2, 0) is 14.8 Å². The highest BCUT2D eigenvalue weighted by molar-refractivity contribution is 7.89. The van der Waals surface area contributed by atoms with Crippen LogP contribution in [0.5, 0.6) is 0 Å². The molecule has 0 spiro atoms. The van der Waals surface area contributed by atoms with Gasteiger partial charge in [-0.15, -0.1) is 0 Å². The minimum atomic E-state index is -3.63. The number of rotatable bonds is 9. The molecule has 1 N–H and O–H groups in total. The van der Waals surface area contributed by atoms with Gasteiger partial charge >= 0.3 is 0 Å². The topological polar surface area (TPSA) is 76.2 Å². The lowest BCUT2D eigenvalue weighted by Gasteiger charge is -2.33. The second-order valence-electron chi connectivity index (χ2n) is 8.60. The molecule has 9 heteroatoms. The van der Waals surface area contributed by atoms with E-state index in [1.54, 1.807) is 12.1 Å². The molecule has 1 aromatic carbocycles. The van der Waals surface area contributed by atoms with Crippen LogP contribution < -0.4 is 5.32 Å². The van der Waals surface area contributed by atoms with E-state index in [-0.39, 0.29) is 18.9 Å². The van der Waals surface area contributed by atoms with Crippen LogP contribution in [0.15, 0.2) is 29.2 Å². The maximum Gasteiger partial charge on any atom is 0.243 e. The normalized spacial score (nSPS) is 19.1. The second kappa shape index (κ2) is 11.4. The van der Waals surface area contributed by atoms with Gasteiger partial charge in [0, 0.05) is 71.9 Å². The van der Waals surface area contributed by atoms with Crippen molar-refractivity contribution in [2.75, 3.05) is 79.0 Å². The Balaban J connectivity index is 1.62. The number of nitrogens with zero attached hydrogens (tertiary/aromatic N) is 4. The molecular weight excluding hydrogens is 414 g/mol. The minimum absolute atomic E-state index is 0.0321. The van der Waals surface area contributed by atoms with Crippen molar-refractivity contribution in [3.63, 3.8) is 0 Å². The van der Waals surface area contributed by atoms with E-state index in [0.717, 1.165) is 57.8 Å². The Bertz CT molecular complexity index is 801. The van der Waals surface area contributed by atoms with Gasteiger partial charge in [0.1, 0.15) is 0 Å². The maximum absolute atomic E-state index is 13.3. The number of nitrogens with one attached hydrogen (secondary N) is 1. The van der Waals surface area contributed by atoms with Crippen molar-refractivity contribution < 1.29 is 13.2 Å². The summed E-state index contributed by atoms with van der Waals surface area (Å²) in [5.74, 6) is 0.0321. The van der Waals surface area contributed by atoms with Crippen LogP contribution in [0.4, 0.5) is 0 Å². The number of carbonyl (C=O) groups is 1. The molecule has 2 aliphatic rings. The summed E-state index contributed by atoms with van der Waals surface area (Å²) in [6.07, 6.45) is 0.982. The summed E-state index contributed by atoms with van der Waals surface area (Å²) in [7, 11) is -1.50. The monoisotopic (exact) mass is 451 g/mol. The highest BCUT2D eigenvalue weighted by atomic mass is 32.2. The third kappa shape index (κ3) is 6.98. The van der Waals surface area contributed by atoms with Gasteiger partial charge < -0.3 is 20.0 Å². The number of piperazine rings is 2. The second-order valence-corrected chi connectivity index (χ2v) is 10.5. The number of hydrogen-bond acceptors (Lipinski definition) is 6. The highest BCUT2D eigenvalue weighted by Crippen LogP contribution is 2.18. The minimum Gasteiger partial charge on any atom is -0.340 e. The Morgan fingerprint density at radius 2 is 1.65 bits per heavy atom. The standard InChI is InChI=1S/C22H37N5O3S/c1-20-4-6-21(7-5-20)31(29,30)27(12-3-11-25-18-16-24(2)17-19-25)13-8-22(28)26-14-9-23-10-15-26/h4-7,23H,3,8-19H2,1-2H3. The van der Waals surface area contributed by atoms with Gasteiger partial charge in [-0.25, -0.2) is 8.42 Å². The lowest BCUT2D eigenvalue weighted by Crippen LogP contribution is -2.47. The molecule has 8 nitrogen and oxygen atoms in total. The Labute approximate surface area is 187 Å². The van der Waals surface area contributed by atoms with Gasteiger partial charge in [0.15, 0.2) is 0 Å². The smallest absolute Gasteiger partial charge is 0.243 e. The molecule has 3 rings (SSSR count). The summed E-state index contributed by atoms with van der Waals surface area (Å²) in [5.41, 5.74) is 1.02. The lowest BCUT2D eigenvalue weighted by atomic mass is 10.2. The molecule has 0 radical (unpaired) electrons. The third-order valence-corrected chi connectivity index (χ3v) is 8.09. The Hall–Kier alpha value is -1.52. The highest BCUT2D eigenvalue weighted by Gasteiger charge is 2.26. The van der Waals surface area contributed by atoms with E-state index < -0.39 is 10.0 Å². The number of sulfonamides is 1. The largest absolute Gasteiger partial charge is 0.340 e. The average molecular weight is 452 g/mol. The van der Waals surface area contributed by atoms with Crippen molar-refractivity contribution in [3.05, 3.63) is 29.8 Å². The average Bonchev–Trinajstić information content (AvgIpc) is 2.78. The molecule has 1 amide bonds. The van der Waals surface area contributed by atoms with Gasteiger partial charge in [-0.1, -0.05) is 17.7 Å². The molecule has 0 atom stereocenters. The first kappa shape index (κ1) is 24.1. The van der Waals surface area contributed by atoms with E-state index >= 15 is 0 Å². The van der Waals surface area contributed by atoms with E-state index in [2.05, 4.69) is 22.2 Å². The van der Waals surface area contributed by atoms with Gasteiger partial charge in [0.2, 0.25) is 15.9 Å². The zero-order valence-corrected chi connectivity index (χ0v) is 19.7. The fourth-order valence-corrected chi connectivity index (χ4v) is 5.53. The number of amides is 1. The summed E-state index contributed by atoms with van der Waals surface area (Å²) < 4.78 is 28.2. The van der Waals surface area contributed by atoms with Crippen LogP contribution in [0.25, 0.3) is 0 Å². The molecule has 31 heavy (non-hydrogen) atoms. The summed E-state index contributed by atoms with van der Waals surface area (Å²) in [6.45, 7) is 10.6. The van der Waals surface area contributed by atoms with Gasteiger partial charge in [-0.05, 0) is 39.1 Å². The number of aryl methyl sites for hydroxylation is 1. The summed E-state index contributed by atoms with van der Waals surface area (Å²) in [6, 6.07) is 6.97. The van der Waals surface area contributed by atoms with Crippen molar-refractivity contribution in [1.29, 1.82) is 0 Å². The third-order valence-electron chi connectivity index (χ3n) is 6.18. The molecule has 2 fully saturated rings. The van der Waals surface area contributed by atoms with Crippen LogP contribution in [0.3, 0.4) is 0 Å². The molecule has 0 aromatic heterocycles. The van der Waals surface area contributed by atoms with Gasteiger partial charge in [-0.2, -0.15) is 4.31 Å². The lowest BCUT2D eigenvalue weighted by molar-refractivity contribution is -0.131. The molecule has 2 aliphatic heterocycles. The van der Waals surface area contributed by atoms with Crippen molar-refractivity contribution >= 4 is 15.9 Å². The van der Waals surface area contributed by atoms with Crippen molar-refractivity contribution in [3.8, 4) is 0 Å². The molecule has 0 bridgehead atoms. The predicted octanol–water partition coefficient (Wildman–Crippen LogP) is 0.445. The number of likely N-dealkylation sites (N-methyl/N-ethyl adjacent to an activating group) is 1. The van der Waals surface area contributed by atoms with Gasteiger partial charge in [0.25, 0.3) is 0 Å². The Morgan fingerprint density at radius 3 is 2.29 bits per heavy atom. The van der Waals surface area contributed by atoms with Crippen LogP contribution >= 0.6 is 0 Å². The molecule has 0 aliphatic carbocycles. The molecular formula is C22H37N5O3S. The van der Waals surface area contributed by atoms with Crippen LogP contribution in [0.1, 0.15) is 18.4 Å². The van der Waals surface area contributed by atoms with E-state index in [4.69, 9.17) is 0 Å². The molecule has 1 aromatic rings. The van der Waals surface area contributed by atoms with Crippen LogP contribution in [-0.4, -0.2) is 112 Å². The van der Waals surface area contributed by atoms with Crippen molar-refractivity contribution in [2.45, 2.75) is 24.7 Å². The first-order chi connectivity index (χ1) is 14.9. The van der Waals surface area contributed by atoms with E-state index in [1.165, 1.54) is 4.31 Å². The fourth-order valence-electron chi connectivity index (χ4n) is 4.05. The summed E-state index contributed by atoms with van der Waals surface area (Å²) >= 11 is 0. The van der Waals surface area contributed by atoms with Gasteiger partial charge in [0.05, 0.1) is 4.90 Å². The van der Waals surface area contributed by atoms with Gasteiger partial charge in [-0.3, -0.25) is 4.79 Å². The zero-order chi connectivity index (χ0) is 22.3. The van der Waals surface area contributed by atoms with Crippen LogP contribution in [0, 0.1) is 6.92 Å². The quantitative estimate of drug-likeness (QED) is 0.587. The predicted molar refractivity (Wildman–Crippen MR) is 123 cm³/mol. The van der Waals surface area contributed by atoms with E-state index in [9.17, 15) is 13.2 Å². The summed E-state index contributed by atoms with van der Waals surface area (Å²) in [5, 5.41) is 3.24. The maximum atomic E-state index is 13.3. The first-order valence-corrected chi connectivity index (χ1v) is 12.8. The number of hydrogen-bond donors (Lipinski definition) is 1. The number of benzene rings is 1. The first-order valence-electron chi connectivity index (χ1n) is 11.3. The van der Waals surface area contributed by atoms with Crippen LogP contribution in [0.2, 0.25) is 0 Å². The Morgan fingerprint density at radius 1 is 1.00 bits per heavy atom. The van der Waals surface area contributed by atoms with Crippen molar-refractivity contribution in [1.82, 2.24) is 24.3 Å². The molecule has 2 heterocycles. The number of carbonyl (C=O) groups excluding carboxylic acids is 1. The summed E-state index contributed by atoms with van der Waals surface area (Å²) in [4.78, 5) is 19.5. The van der Waals surface area contributed by atoms with E-state index in [0.29, 0.717) is 24.5 Å². The fraction of sp³-hybridized carbons (Fsp3) is 0.682.